The molecule has 0 radical (unpaired) electrons. The van der Waals surface area contributed by atoms with Gasteiger partial charge in [-0.15, -0.1) is 0 Å². The van der Waals surface area contributed by atoms with E-state index in [4.69, 9.17) is 19.9 Å². The normalized spacial score (nSPS) is 12.9. The molecule has 0 aliphatic carbocycles. The SMILES string of the molecule is Cc1cccc(-c2nn3c(c2-c2ccnc4cc(OC(=O)O)ccc24)CCC3)n1. The zero-order valence-electron chi connectivity index (χ0n) is 15.8. The maximum absolute atomic E-state index is 10.9. The number of aromatic nitrogens is 4. The Morgan fingerprint density at radius 2 is 2.10 bits per heavy atom. The molecule has 1 N–H and O–H groups in total. The molecular formula is C22H18N4O3. The van der Waals surface area contributed by atoms with E-state index in [0.717, 1.165) is 53.0 Å². The fourth-order valence-corrected chi connectivity index (χ4v) is 3.98. The summed E-state index contributed by atoms with van der Waals surface area (Å²) in [7, 11) is 0. The molecule has 4 aromatic rings. The molecule has 0 unspecified atom stereocenters. The summed E-state index contributed by atoms with van der Waals surface area (Å²) in [5.74, 6) is 0.246. The Labute approximate surface area is 166 Å². The number of ether oxygens (including phenoxy) is 1. The minimum absolute atomic E-state index is 0.246. The van der Waals surface area contributed by atoms with Crippen LogP contribution in [-0.2, 0) is 13.0 Å². The summed E-state index contributed by atoms with van der Waals surface area (Å²) in [6, 6.07) is 13.1. The van der Waals surface area contributed by atoms with E-state index in [9.17, 15) is 4.79 Å². The standard InChI is InChI=1S/C22H18N4O3/c1-13-4-2-5-17(24-13)21-20(19-6-3-11-26(19)25-21)16-9-10-23-18-12-14(29-22(27)28)7-8-15(16)18/h2,4-5,7-10,12H,3,6,11H2,1H3,(H,27,28). The lowest BCUT2D eigenvalue weighted by molar-refractivity contribution is 0.144. The lowest BCUT2D eigenvalue weighted by atomic mass is 9.96. The molecule has 29 heavy (non-hydrogen) atoms. The van der Waals surface area contributed by atoms with Crippen molar-refractivity contribution in [2.45, 2.75) is 26.3 Å². The van der Waals surface area contributed by atoms with E-state index < -0.39 is 6.16 Å². The van der Waals surface area contributed by atoms with Gasteiger partial charge in [0.15, 0.2) is 0 Å². The third-order valence-electron chi connectivity index (χ3n) is 5.16. The quantitative estimate of drug-likeness (QED) is 0.413. The summed E-state index contributed by atoms with van der Waals surface area (Å²) in [5.41, 5.74) is 6.60. The fourth-order valence-electron chi connectivity index (χ4n) is 3.98. The summed E-state index contributed by atoms with van der Waals surface area (Å²) >= 11 is 0. The molecule has 0 saturated heterocycles. The van der Waals surface area contributed by atoms with E-state index in [2.05, 4.69) is 9.67 Å². The number of rotatable bonds is 3. The highest BCUT2D eigenvalue weighted by Gasteiger charge is 2.25. The van der Waals surface area contributed by atoms with Crippen LogP contribution < -0.4 is 4.74 Å². The van der Waals surface area contributed by atoms with Crippen LogP contribution in [0.3, 0.4) is 0 Å². The van der Waals surface area contributed by atoms with Gasteiger partial charge in [-0.25, -0.2) is 4.79 Å². The van der Waals surface area contributed by atoms with Crippen LogP contribution in [0.15, 0.2) is 48.7 Å². The van der Waals surface area contributed by atoms with Gasteiger partial charge in [-0.1, -0.05) is 6.07 Å². The van der Waals surface area contributed by atoms with Gasteiger partial charge in [0.05, 0.1) is 11.2 Å². The molecule has 1 aliphatic rings. The summed E-state index contributed by atoms with van der Waals surface area (Å²) in [6.45, 7) is 2.87. The lowest BCUT2D eigenvalue weighted by Gasteiger charge is -2.10. The molecule has 0 saturated carbocycles. The van der Waals surface area contributed by atoms with E-state index >= 15 is 0 Å². The summed E-state index contributed by atoms with van der Waals surface area (Å²) < 4.78 is 6.86. The first-order chi connectivity index (χ1) is 14.1. The van der Waals surface area contributed by atoms with Gasteiger partial charge in [0, 0.05) is 41.1 Å². The number of nitrogens with zero attached hydrogens (tertiary/aromatic N) is 4. The van der Waals surface area contributed by atoms with E-state index in [1.807, 2.05) is 37.3 Å². The molecule has 0 fully saturated rings. The van der Waals surface area contributed by atoms with Gasteiger partial charge in [0.2, 0.25) is 0 Å². The van der Waals surface area contributed by atoms with Crippen molar-refractivity contribution in [1.82, 2.24) is 19.7 Å². The first-order valence-electron chi connectivity index (χ1n) is 9.44. The van der Waals surface area contributed by atoms with Crippen LogP contribution in [0.5, 0.6) is 5.75 Å². The molecule has 7 nitrogen and oxygen atoms in total. The minimum atomic E-state index is -1.34. The van der Waals surface area contributed by atoms with Crippen LogP contribution >= 0.6 is 0 Å². The van der Waals surface area contributed by atoms with Crippen molar-refractivity contribution in [3.63, 3.8) is 0 Å². The van der Waals surface area contributed by atoms with E-state index in [1.165, 1.54) is 5.69 Å². The highest BCUT2D eigenvalue weighted by molar-refractivity contribution is 5.99. The van der Waals surface area contributed by atoms with Gasteiger partial charge in [-0.05, 0) is 55.7 Å². The van der Waals surface area contributed by atoms with Crippen molar-refractivity contribution in [2.75, 3.05) is 0 Å². The Hall–Kier alpha value is -3.74. The molecule has 4 heterocycles. The van der Waals surface area contributed by atoms with Crippen LogP contribution in [-0.4, -0.2) is 31.0 Å². The molecule has 0 amide bonds. The predicted molar refractivity (Wildman–Crippen MR) is 108 cm³/mol. The van der Waals surface area contributed by atoms with Gasteiger partial charge in [0.25, 0.3) is 0 Å². The number of carbonyl (C=O) groups is 1. The second-order valence-corrected chi connectivity index (χ2v) is 7.07. The smallest absolute Gasteiger partial charge is 0.449 e. The van der Waals surface area contributed by atoms with Crippen molar-refractivity contribution in [1.29, 1.82) is 0 Å². The molecule has 0 spiro atoms. The highest BCUT2D eigenvalue weighted by atomic mass is 16.7. The molecular weight excluding hydrogens is 368 g/mol. The molecule has 1 aliphatic heterocycles. The van der Waals surface area contributed by atoms with Crippen LogP contribution in [0.25, 0.3) is 33.4 Å². The average molecular weight is 386 g/mol. The van der Waals surface area contributed by atoms with Crippen molar-refractivity contribution >= 4 is 17.1 Å². The van der Waals surface area contributed by atoms with Gasteiger partial charge in [-0.2, -0.15) is 5.10 Å². The third-order valence-corrected chi connectivity index (χ3v) is 5.16. The fraction of sp³-hybridized carbons (Fsp3) is 0.182. The van der Waals surface area contributed by atoms with E-state index in [-0.39, 0.29) is 5.75 Å². The molecule has 5 rings (SSSR count). The zero-order valence-corrected chi connectivity index (χ0v) is 15.8. The van der Waals surface area contributed by atoms with Gasteiger partial charge < -0.3 is 9.84 Å². The topological polar surface area (TPSA) is 90.1 Å². The van der Waals surface area contributed by atoms with Crippen LogP contribution in [0, 0.1) is 6.92 Å². The maximum atomic E-state index is 10.9. The Kier molecular flexibility index (Phi) is 4.01. The average Bonchev–Trinajstić information content (AvgIpc) is 3.28. The summed E-state index contributed by atoms with van der Waals surface area (Å²) in [4.78, 5) is 20.0. The van der Waals surface area contributed by atoms with Crippen molar-refractivity contribution in [2.24, 2.45) is 0 Å². The van der Waals surface area contributed by atoms with Crippen LogP contribution in [0.2, 0.25) is 0 Å². The summed E-state index contributed by atoms with van der Waals surface area (Å²) in [5, 5.41) is 14.7. The molecule has 3 aromatic heterocycles. The second-order valence-electron chi connectivity index (χ2n) is 7.07. The predicted octanol–water partition coefficient (Wildman–Crippen LogP) is 4.47. The maximum Gasteiger partial charge on any atom is 0.511 e. The molecule has 1 aromatic carbocycles. The highest BCUT2D eigenvalue weighted by Crippen LogP contribution is 2.40. The van der Waals surface area contributed by atoms with Crippen LogP contribution in [0.4, 0.5) is 4.79 Å². The van der Waals surface area contributed by atoms with Crippen LogP contribution in [0.1, 0.15) is 17.8 Å². The van der Waals surface area contributed by atoms with Gasteiger partial charge >= 0.3 is 6.16 Å². The van der Waals surface area contributed by atoms with Crippen molar-refractivity contribution < 1.29 is 14.6 Å². The Balaban J connectivity index is 1.74. The molecule has 144 valence electrons. The monoisotopic (exact) mass is 386 g/mol. The number of hydrogen-bond donors (Lipinski definition) is 1. The molecule has 7 heteroatoms. The summed E-state index contributed by atoms with van der Waals surface area (Å²) in [6.07, 6.45) is 2.41. The van der Waals surface area contributed by atoms with Gasteiger partial charge in [0.1, 0.15) is 11.4 Å². The van der Waals surface area contributed by atoms with E-state index in [0.29, 0.717) is 5.52 Å². The Bertz CT molecular complexity index is 1260. The number of benzene rings is 1. The number of fused-ring (bicyclic) bond motifs is 2. The first kappa shape index (κ1) is 17.4. The van der Waals surface area contributed by atoms with E-state index in [1.54, 1.807) is 18.3 Å². The molecule has 0 atom stereocenters. The minimum Gasteiger partial charge on any atom is -0.449 e. The zero-order chi connectivity index (χ0) is 20.0. The van der Waals surface area contributed by atoms with Gasteiger partial charge in [-0.3, -0.25) is 14.6 Å². The number of hydrogen-bond acceptors (Lipinski definition) is 5. The Morgan fingerprint density at radius 1 is 1.21 bits per heavy atom. The number of pyridine rings is 2. The number of carboxylic acid groups (broad SMARTS) is 1. The molecule has 0 bridgehead atoms. The second kappa shape index (κ2) is 6.70. The third kappa shape index (κ3) is 3.00. The van der Waals surface area contributed by atoms with Crippen molar-refractivity contribution in [3.8, 4) is 28.3 Å². The largest absolute Gasteiger partial charge is 0.511 e. The lowest BCUT2D eigenvalue weighted by Crippen LogP contribution is -2.02. The van der Waals surface area contributed by atoms with Crippen molar-refractivity contribution in [3.05, 3.63) is 60.0 Å². The Morgan fingerprint density at radius 3 is 2.93 bits per heavy atom. The number of aryl methyl sites for hydroxylation is 2. The first-order valence-corrected chi connectivity index (χ1v) is 9.44.